The lowest BCUT2D eigenvalue weighted by atomic mass is 10.4. The van der Waals surface area contributed by atoms with Crippen LogP contribution < -0.4 is 4.74 Å². The highest BCUT2D eigenvalue weighted by molar-refractivity contribution is 7.13. The van der Waals surface area contributed by atoms with E-state index in [1.165, 1.54) is 11.3 Å². The fourth-order valence-corrected chi connectivity index (χ4v) is 2.18. The van der Waals surface area contributed by atoms with Crippen LogP contribution in [0.25, 0.3) is 10.7 Å². The summed E-state index contributed by atoms with van der Waals surface area (Å²) in [6.45, 7) is 0. The van der Waals surface area contributed by atoms with E-state index in [-0.39, 0.29) is 0 Å². The zero-order valence-corrected chi connectivity index (χ0v) is 11.1. The summed E-state index contributed by atoms with van der Waals surface area (Å²) in [4.78, 5) is 4.40. The van der Waals surface area contributed by atoms with Crippen molar-refractivity contribution in [2.75, 3.05) is 21.3 Å². The summed E-state index contributed by atoms with van der Waals surface area (Å²) in [7, 11) is 4.69. The van der Waals surface area contributed by atoms with Crippen molar-refractivity contribution in [3.63, 3.8) is 0 Å². The molecule has 2 aromatic rings. The van der Waals surface area contributed by atoms with E-state index in [0.717, 1.165) is 10.7 Å². The second kappa shape index (κ2) is 5.85. The van der Waals surface area contributed by atoms with Crippen LogP contribution in [0.3, 0.4) is 0 Å². The minimum Gasteiger partial charge on any atom is -0.480 e. The Balaban J connectivity index is 2.23. The van der Waals surface area contributed by atoms with E-state index in [0.29, 0.717) is 11.6 Å². The van der Waals surface area contributed by atoms with Gasteiger partial charge in [-0.1, -0.05) is 0 Å². The van der Waals surface area contributed by atoms with Gasteiger partial charge in [-0.25, -0.2) is 4.98 Å². The summed E-state index contributed by atoms with van der Waals surface area (Å²) in [5, 5.41) is 10.6. The predicted octanol–water partition coefficient (Wildman–Crippen LogP) is 1.90. The van der Waals surface area contributed by atoms with Gasteiger partial charge in [-0.3, -0.25) is 0 Å². The fraction of sp³-hybridized carbons (Fsp3) is 0.364. The molecular weight excluding hydrogens is 254 g/mol. The molecule has 2 heterocycles. The van der Waals surface area contributed by atoms with Crippen molar-refractivity contribution in [3.05, 3.63) is 23.2 Å². The lowest BCUT2D eigenvalue weighted by Crippen LogP contribution is -2.03. The number of aromatic nitrogens is 3. The van der Waals surface area contributed by atoms with E-state index in [4.69, 9.17) is 14.2 Å². The lowest BCUT2D eigenvalue weighted by molar-refractivity contribution is -0.108. The van der Waals surface area contributed by atoms with Gasteiger partial charge in [-0.2, -0.15) is 0 Å². The molecule has 0 aromatic carbocycles. The number of hydrogen-bond donors (Lipinski definition) is 0. The van der Waals surface area contributed by atoms with E-state index < -0.39 is 6.29 Å². The normalized spacial score (nSPS) is 10.9. The molecule has 0 atom stereocenters. The molecule has 0 aliphatic heterocycles. The minimum atomic E-state index is -0.457. The van der Waals surface area contributed by atoms with Crippen LogP contribution in [0.4, 0.5) is 0 Å². The molecular formula is C11H13N3O3S. The van der Waals surface area contributed by atoms with Gasteiger partial charge in [0.25, 0.3) is 0 Å². The molecule has 0 radical (unpaired) electrons. The molecule has 0 amide bonds. The fourth-order valence-electron chi connectivity index (χ4n) is 1.39. The first-order chi connectivity index (χ1) is 8.78. The van der Waals surface area contributed by atoms with Gasteiger partial charge < -0.3 is 14.2 Å². The standard InChI is InChI=1S/C11H13N3O3S/c1-15-9-5-4-7(13-14-9)10-12-8(6-18-10)11(16-2)17-3/h4-6,11H,1-3H3. The van der Waals surface area contributed by atoms with Gasteiger partial charge in [-0.05, 0) is 6.07 Å². The Morgan fingerprint density at radius 2 is 1.89 bits per heavy atom. The molecule has 2 aromatic heterocycles. The highest BCUT2D eigenvalue weighted by Crippen LogP contribution is 2.26. The van der Waals surface area contributed by atoms with E-state index in [9.17, 15) is 0 Å². The monoisotopic (exact) mass is 267 g/mol. The van der Waals surface area contributed by atoms with Gasteiger partial charge in [0.1, 0.15) is 16.4 Å². The molecule has 0 spiro atoms. The number of nitrogens with zero attached hydrogens (tertiary/aromatic N) is 3. The Hall–Kier alpha value is -1.57. The van der Waals surface area contributed by atoms with E-state index in [1.54, 1.807) is 27.4 Å². The van der Waals surface area contributed by atoms with Crippen LogP contribution in [-0.4, -0.2) is 36.5 Å². The maximum Gasteiger partial charge on any atom is 0.233 e. The maximum atomic E-state index is 5.14. The van der Waals surface area contributed by atoms with Crippen LogP contribution >= 0.6 is 11.3 Å². The van der Waals surface area contributed by atoms with Gasteiger partial charge in [0.05, 0.1) is 7.11 Å². The van der Waals surface area contributed by atoms with Crippen molar-refractivity contribution >= 4 is 11.3 Å². The molecule has 6 nitrogen and oxygen atoms in total. The van der Waals surface area contributed by atoms with Crippen LogP contribution in [0.2, 0.25) is 0 Å². The molecule has 18 heavy (non-hydrogen) atoms. The summed E-state index contributed by atoms with van der Waals surface area (Å²) >= 11 is 1.46. The molecule has 0 aliphatic rings. The molecule has 0 saturated carbocycles. The number of rotatable bonds is 5. The quantitative estimate of drug-likeness (QED) is 0.771. The molecule has 0 unspecified atom stereocenters. The van der Waals surface area contributed by atoms with E-state index in [2.05, 4.69) is 15.2 Å². The number of thiazole rings is 1. The van der Waals surface area contributed by atoms with Crippen LogP contribution in [0, 0.1) is 0 Å². The molecule has 96 valence electrons. The highest BCUT2D eigenvalue weighted by Gasteiger charge is 2.14. The van der Waals surface area contributed by atoms with Crippen LogP contribution in [0.5, 0.6) is 5.88 Å². The van der Waals surface area contributed by atoms with Crippen molar-refractivity contribution in [1.29, 1.82) is 0 Å². The number of ether oxygens (including phenoxy) is 3. The average Bonchev–Trinajstić information content (AvgIpc) is 2.90. The first-order valence-electron chi connectivity index (χ1n) is 5.17. The number of hydrogen-bond acceptors (Lipinski definition) is 7. The summed E-state index contributed by atoms with van der Waals surface area (Å²) in [5.41, 5.74) is 1.41. The molecule has 0 saturated heterocycles. The Kier molecular flexibility index (Phi) is 4.19. The Morgan fingerprint density at radius 3 is 2.44 bits per heavy atom. The van der Waals surface area contributed by atoms with Gasteiger partial charge in [0.2, 0.25) is 12.2 Å². The van der Waals surface area contributed by atoms with Crippen molar-refractivity contribution in [3.8, 4) is 16.6 Å². The van der Waals surface area contributed by atoms with E-state index in [1.807, 2.05) is 11.4 Å². The maximum absolute atomic E-state index is 5.14. The highest BCUT2D eigenvalue weighted by atomic mass is 32.1. The Labute approximate surface area is 109 Å². The third-order valence-corrected chi connectivity index (χ3v) is 3.14. The van der Waals surface area contributed by atoms with Gasteiger partial charge in [0.15, 0.2) is 0 Å². The Bertz CT molecular complexity index is 496. The topological polar surface area (TPSA) is 66.4 Å². The van der Waals surface area contributed by atoms with Gasteiger partial charge in [0, 0.05) is 25.7 Å². The second-order valence-corrected chi connectivity index (χ2v) is 4.20. The third kappa shape index (κ3) is 2.63. The van der Waals surface area contributed by atoms with Crippen molar-refractivity contribution in [1.82, 2.24) is 15.2 Å². The molecule has 2 rings (SSSR count). The SMILES string of the molecule is COc1ccc(-c2nc(C(OC)OC)cs2)nn1. The molecule has 0 N–H and O–H groups in total. The summed E-state index contributed by atoms with van der Waals surface area (Å²) in [5.74, 6) is 0.474. The van der Waals surface area contributed by atoms with Crippen LogP contribution in [0.15, 0.2) is 17.5 Å². The first kappa shape index (κ1) is 12.9. The van der Waals surface area contributed by atoms with Crippen molar-refractivity contribution < 1.29 is 14.2 Å². The third-order valence-electron chi connectivity index (χ3n) is 2.26. The number of methoxy groups -OCH3 is 3. The van der Waals surface area contributed by atoms with Gasteiger partial charge >= 0.3 is 0 Å². The zero-order valence-electron chi connectivity index (χ0n) is 10.3. The predicted molar refractivity (Wildman–Crippen MR) is 66.5 cm³/mol. The van der Waals surface area contributed by atoms with Gasteiger partial charge in [-0.15, -0.1) is 21.5 Å². The summed E-state index contributed by atoms with van der Waals surface area (Å²) < 4.78 is 15.2. The summed E-state index contributed by atoms with van der Waals surface area (Å²) in [6.07, 6.45) is -0.457. The summed E-state index contributed by atoms with van der Waals surface area (Å²) in [6, 6.07) is 3.55. The smallest absolute Gasteiger partial charge is 0.233 e. The molecule has 0 fully saturated rings. The lowest BCUT2D eigenvalue weighted by Gasteiger charge is -2.09. The second-order valence-electron chi connectivity index (χ2n) is 3.34. The molecule has 0 bridgehead atoms. The van der Waals surface area contributed by atoms with Crippen molar-refractivity contribution in [2.45, 2.75) is 6.29 Å². The average molecular weight is 267 g/mol. The van der Waals surface area contributed by atoms with Crippen molar-refractivity contribution in [2.24, 2.45) is 0 Å². The molecule has 7 heteroatoms. The zero-order chi connectivity index (χ0) is 13.0. The molecule has 0 aliphatic carbocycles. The van der Waals surface area contributed by atoms with E-state index >= 15 is 0 Å². The minimum absolute atomic E-state index is 0.457. The first-order valence-corrected chi connectivity index (χ1v) is 6.05. The Morgan fingerprint density at radius 1 is 1.11 bits per heavy atom. The van der Waals surface area contributed by atoms with Crippen LogP contribution in [0.1, 0.15) is 12.0 Å². The largest absolute Gasteiger partial charge is 0.480 e. The van der Waals surface area contributed by atoms with Crippen LogP contribution in [-0.2, 0) is 9.47 Å².